The highest BCUT2D eigenvalue weighted by atomic mass is 32.2. The van der Waals surface area contributed by atoms with Crippen LogP contribution in [0.15, 0.2) is 77.4 Å². The van der Waals surface area contributed by atoms with Crippen LogP contribution in [0.2, 0.25) is 0 Å². The SMILES string of the molecule is CCC[C@@]1(CCc2ccc(F)cc2)CC(O)=C(C(CC)c2cccc(NS(=O)(=O)c3cn(C)cn3)c2)C(=O)O1. The smallest absolute Gasteiger partial charge is 0.338 e. The lowest BCUT2D eigenvalue weighted by atomic mass is 9.80. The number of hydrogen-bond donors (Lipinski definition) is 2. The number of esters is 1. The first kappa shape index (κ1) is 28.4. The van der Waals surface area contributed by atoms with Crippen molar-refractivity contribution in [2.45, 2.75) is 68.9 Å². The third kappa shape index (κ3) is 6.50. The molecule has 0 aliphatic carbocycles. The molecule has 1 aliphatic rings. The van der Waals surface area contributed by atoms with Crippen molar-refractivity contribution < 1.29 is 27.4 Å². The number of carbonyl (C=O) groups excluding carboxylic acids is 1. The Morgan fingerprint density at radius 2 is 1.92 bits per heavy atom. The summed E-state index contributed by atoms with van der Waals surface area (Å²) in [6.07, 6.45) is 5.89. The summed E-state index contributed by atoms with van der Waals surface area (Å²) in [4.78, 5) is 17.3. The number of aryl methyl sites for hydroxylation is 2. The zero-order valence-corrected chi connectivity index (χ0v) is 23.2. The number of nitrogens with zero attached hydrogens (tertiary/aromatic N) is 2. The van der Waals surface area contributed by atoms with Crippen molar-refractivity contribution in [2.75, 3.05) is 4.72 Å². The van der Waals surface area contributed by atoms with Crippen LogP contribution >= 0.6 is 0 Å². The van der Waals surface area contributed by atoms with E-state index < -0.39 is 27.5 Å². The van der Waals surface area contributed by atoms with Crippen LogP contribution in [-0.2, 0) is 33.0 Å². The van der Waals surface area contributed by atoms with E-state index in [1.807, 2.05) is 13.8 Å². The van der Waals surface area contributed by atoms with Gasteiger partial charge in [-0.05, 0) is 61.1 Å². The normalized spacial score (nSPS) is 18.6. The number of aromatic nitrogens is 2. The quantitative estimate of drug-likeness (QED) is 0.290. The molecule has 39 heavy (non-hydrogen) atoms. The number of ether oxygens (including phenoxy) is 1. The van der Waals surface area contributed by atoms with Crippen LogP contribution in [0.5, 0.6) is 0 Å². The van der Waals surface area contributed by atoms with Crippen LogP contribution in [0, 0.1) is 5.82 Å². The number of nitrogens with one attached hydrogen (secondary N) is 1. The summed E-state index contributed by atoms with van der Waals surface area (Å²) in [7, 11) is -2.22. The number of anilines is 1. The fourth-order valence-electron chi connectivity index (χ4n) is 5.19. The molecule has 10 heteroatoms. The van der Waals surface area contributed by atoms with Crippen LogP contribution in [0.25, 0.3) is 0 Å². The van der Waals surface area contributed by atoms with Crippen LogP contribution in [0.1, 0.15) is 63.0 Å². The molecule has 1 aromatic heterocycles. The highest BCUT2D eigenvalue weighted by molar-refractivity contribution is 7.92. The molecule has 2 heterocycles. The summed E-state index contributed by atoms with van der Waals surface area (Å²) in [5, 5.41) is 11.1. The number of carbonyl (C=O) groups is 1. The molecule has 8 nitrogen and oxygen atoms in total. The molecule has 4 rings (SSSR count). The first-order valence-electron chi connectivity index (χ1n) is 13.1. The van der Waals surface area contributed by atoms with E-state index in [9.17, 15) is 22.7 Å². The topological polar surface area (TPSA) is 111 Å². The second kappa shape index (κ2) is 11.6. The number of sulfonamides is 1. The van der Waals surface area contributed by atoms with Crippen molar-refractivity contribution in [3.8, 4) is 0 Å². The van der Waals surface area contributed by atoms with E-state index in [1.165, 1.54) is 24.7 Å². The van der Waals surface area contributed by atoms with Gasteiger partial charge in [0.25, 0.3) is 10.0 Å². The maximum atomic E-state index is 13.4. The molecule has 2 aromatic carbocycles. The molecular formula is C29H34FN3O5S. The Morgan fingerprint density at radius 3 is 2.54 bits per heavy atom. The second-order valence-corrected chi connectivity index (χ2v) is 11.7. The van der Waals surface area contributed by atoms with Gasteiger partial charge < -0.3 is 14.4 Å². The number of aliphatic hydroxyl groups is 1. The first-order chi connectivity index (χ1) is 18.6. The van der Waals surface area contributed by atoms with Crippen molar-refractivity contribution in [2.24, 2.45) is 7.05 Å². The molecule has 0 saturated carbocycles. The lowest BCUT2D eigenvalue weighted by molar-refractivity contribution is -0.161. The molecule has 2 atom stereocenters. The van der Waals surface area contributed by atoms with Crippen molar-refractivity contribution in [3.05, 3.63) is 89.3 Å². The van der Waals surface area contributed by atoms with Crippen LogP contribution < -0.4 is 4.72 Å². The van der Waals surface area contributed by atoms with Crippen LogP contribution in [0.4, 0.5) is 10.1 Å². The molecular weight excluding hydrogens is 521 g/mol. The lowest BCUT2D eigenvalue weighted by Crippen LogP contribution is -2.41. The van der Waals surface area contributed by atoms with E-state index in [0.717, 1.165) is 12.0 Å². The molecule has 1 unspecified atom stereocenters. The molecule has 0 amide bonds. The number of hydrogen-bond acceptors (Lipinski definition) is 6. The number of rotatable bonds is 11. The summed E-state index contributed by atoms with van der Waals surface area (Å²) in [6.45, 7) is 3.89. The third-order valence-electron chi connectivity index (χ3n) is 7.07. The van der Waals surface area contributed by atoms with Crippen molar-refractivity contribution >= 4 is 21.7 Å². The summed E-state index contributed by atoms with van der Waals surface area (Å²) in [5.74, 6) is -1.38. The van der Waals surface area contributed by atoms with E-state index in [2.05, 4.69) is 9.71 Å². The summed E-state index contributed by atoms with van der Waals surface area (Å²) in [5.41, 5.74) is 1.25. The maximum absolute atomic E-state index is 13.4. The molecule has 0 spiro atoms. The zero-order chi connectivity index (χ0) is 28.2. The van der Waals surface area contributed by atoms with Gasteiger partial charge in [-0.15, -0.1) is 0 Å². The Bertz CT molecular complexity index is 1470. The average Bonchev–Trinajstić information content (AvgIpc) is 3.33. The van der Waals surface area contributed by atoms with Gasteiger partial charge in [0, 0.05) is 31.3 Å². The molecule has 0 saturated heterocycles. The van der Waals surface area contributed by atoms with Gasteiger partial charge in [0.15, 0.2) is 5.03 Å². The van der Waals surface area contributed by atoms with Gasteiger partial charge in [-0.1, -0.05) is 44.5 Å². The number of imidazole rings is 1. The van der Waals surface area contributed by atoms with E-state index in [0.29, 0.717) is 36.9 Å². The molecule has 208 valence electrons. The Labute approximate surface area is 228 Å². The fourth-order valence-corrected chi connectivity index (χ4v) is 6.23. The van der Waals surface area contributed by atoms with Gasteiger partial charge in [-0.2, -0.15) is 8.42 Å². The van der Waals surface area contributed by atoms with Crippen molar-refractivity contribution in [1.29, 1.82) is 0 Å². The number of aliphatic hydroxyl groups excluding tert-OH is 1. The molecule has 1 aliphatic heterocycles. The standard InChI is InChI=1S/C29H34FN3O5S/c1-4-14-29(15-13-20-9-11-22(30)12-10-20)17-25(34)27(28(35)38-29)24(5-2)21-7-6-8-23(16-21)32-39(36,37)26-18-33(3)19-31-26/h6-12,16,18-19,24,32,34H,4-5,13-15,17H2,1-3H3/t24?,29-/m1/s1. The Balaban J connectivity index is 1.58. The van der Waals surface area contributed by atoms with Crippen LogP contribution in [0.3, 0.4) is 0 Å². The van der Waals surface area contributed by atoms with Gasteiger partial charge >= 0.3 is 5.97 Å². The fraction of sp³-hybridized carbons (Fsp3) is 0.379. The zero-order valence-electron chi connectivity index (χ0n) is 22.4. The lowest BCUT2D eigenvalue weighted by Gasteiger charge is -2.38. The third-order valence-corrected chi connectivity index (χ3v) is 8.34. The van der Waals surface area contributed by atoms with E-state index >= 15 is 0 Å². The Kier molecular flexibility index (Phi) is 8.44. The minimum absolute atomic E-state index is 0.00914. The van der Waals surface area contributed by atoms with Crippen LogP contribution in [-0.4, -0.2) is 34.6 Å². The van der Waals surface area contributed by atoms with E-state index in [1.54, 1.807) is 48.0 Å². The maximum Gasteiger partial charge on any atom is 0.338 e. The Morgan fingerprint density at radius 1 is 1.18 bits per heavy atom. The van der Waals surface area contributed by atoms with Gasteiger partial charge in [-0.3, -0.25) is 4.72 Å². The average molecular weight is 556 g/mol. The molecule has 2 N–H and O–H groups in total. The molecule has 0 fully saturated rings. The number of halogens is 1. The van der Waals surface area contributed by atoms with Gasteiger partial charge in [0.05, 0.1) is 11.9 Å². The van der Waals surface area contributed by atoms with Crippen molar-refractivity contribution in [1.82, 2.24) is 9.55 Å². The Hall–Kier alpha value is -3.66. The van der Waals surface area contributed by atoms with E-state index in [4.69, 9.17) is 4.74 Å². The van der Waals surface area contributed by atoms with Gasteiger partial charge in [0.2, 0.25) is 0 Å². The molecule has 0 bridgehead atoms. The molecule has 3 aromatic rings. The predicted octanol–water partition coefficient (Wildman–Crippen LogP) is 5.78. The minimum Gasteiger partial charge on any atom is -0.512 e. The predicted molar refractivity (Wildman–Crippen MR) is 146 cm³/mol. The molecule has 0 radical (unpaired) electrons. The monoisotopic (exact) mass is 555 g/mol. The summed E-state index contributed by atoms with van der Waals surface area (Å²) in [6, 6.07) is 13.0. The number of cyclic esters (lactones) is 1. The first-order valence-corrected chi connectivity index (χ1v) is 14.5. The number of benzene rings is 2. The largest absolute Gasteiger partial charge is 0.512 e. The summed E-state index contributed by atoms with van der Waals surface area (Å²) >= 11 is 0. The minimum atomic E-state index is -3.90. The second-order valence-electron chi connectivity index (χ2n) is 10.1. The highest BCUT2D eigenvalue weighted by Gasteiger charge is 2.43. The van der Waals surface area contributed by atoms with Gasteiger partial charge in [0.1, 0.15) is 17.2 Å². The highest BCUT2D eigenvalue weighted by Crippen LogP contribution is 2.42. The van der Waals surface area contributed by atoms with Crippen molar-refractivity contribution in [3.63, 3.8) is 0 Å². The summed E-state index contributed by atoms with van der Waals surface area (Å²) < 4.78 is 49.0. The van der Waals surface area contributed by atoms with Gasteiger partial charge in [-0.25, -0.2) is 14.2 Å². The van der Waals surface area contributed by atoms with E-state index in [-0.39, 0.29) is 28.6 Å².